The molecule has 63 heavy (non-hydrogen) atoms. The number of phenolic OH excluding ortho intramolecular Hbond substituents is 1. The summed E-state index contributed by atoms with van der Waals surface area (Å²) in [6.07, 6.45) is 0. The van der Waals surface area contributed by atoms with Crippen molar-refractivity contribution in [3.8, 4) is 23.0 Å². The highest BCUT2D eigenvalue weighted by molar-refractivity contribution is 5.62. The van der Waals surface area contributed by atoms with Crippen LogP contribution in [0, 0.1) is 26.4 Å². The van der Waals surface area contributed by atoms with Crippen LogP contribution in [0.15, 0.2) is 72.8 Å². The third kappa shape index (κ3) is 19.0. The van der Waals surface area contributed by atoms with Gasteiger partial charge in [-0.3, -0.25) is 0 Å². The Morgan fingerprint density at radius 1 is 0.524 bits per heavy atom. The number of benzene rings is 4. The number of nitrogens with zero attached hydrogens (tertiary/aromatic N) is 4. The van der Waals surface area contributed by atoms with E-state index in [1.165, 1.54) is 22.5 Å². The number of hydrogen-bond acceptors (Lipinski definition) is 15. The molecule has 4 aromatic rings. The zero-order chi connectivity index (χ0) is 44.4. The normalized spacial score (nSPS) is 13.5. The Morgan fingerprint density at radius 2 is 0.873 bits per heavy atom. The molecule has 2 aliphatic rings. The van der Waals surface area contributed by atoms with Crippen LogP contribution in [0.4, 0.5) is 69.2 Å². The lowest BCUT2D eigenvalue weighted by Crippen LogP contribution is -2.56. The number of nitrogens with one attached hydrogen (secondary N) is 3. The fourth-order valence-electron chi connectivity index (χ4n) is 5.40. The lowest BCUT2D eigenvalue weighted by atomic mass is 10.2. The number of phenols is 1. The standard InChI is InChI=1S/C12H15F2N3O2.C12H17F2N3O.C7H4F3NO2.C6H4FNO2.3H2O/c1-16-4-6-17(7-5-16)9-2-3-10(15-18)11(8-9)19-12(13)14;1-16-4-6-17(7-5-16)9-2-3-10(15)11(8-9)18-12(13)14;8-4-1-2-5(11-12)6(3-4)13-7(9)10;7-4-1-2-5(8-10)6(9)3-4;;;/h2-3,8,12H,4-7H2,1H3;2-3,8,12H,4-7,15H2,1H3;1-3,7H;1-3,9H;3*1H2. The van der Waals surface area contributed by atoms with E-state index in [1.807, 2.05) is 13.1 Å². The van der Waals surface area contributed by atoms with Crippen LogP contribution in [-0.2, 0) is 0 Å². The summed E-state index contributed by atoms with van der Waals surface area (Å²) in [5, 5.41) is 13.2. The summed E-state index contributed by atoms with van der Waals surface area (Å²) in [4.78, 5) is 39.4. The molecule has 0 amide bonds. The van der Waals surface area contributed by atoms with Crippen molar-refractivity contribution < 1.29 is 86.4 Å². The fourth-order valence-corrected chi connectivity index (χ4v) is 5.40. The summed E-state index contributed by atoms with van der Waals surface area (Å²) in [6, 6.07) is 15.4. The van der Waals surface area contributed by atoms with Crippen LogP contribution >= 0.6 is 0 Å². The summed E-state index contributed by atoms with van der Waals surface area (Å²) in [7, 11) is 4.10. The molecule has 350 valence electrons. The molecule has 2 aliphatic heterocycles. The van der Waals surface area contributed by atoms with Gasteiger partial charge >= 0.3 is 19.8 Å². The average Bonchev–Trinajstić information content (AvgIpc) is 3.20. The van der Waals surface area contributed by atoms with Gasteiger partial charge in [0.25, 0.3) is 17.1 Å². The van der Waals surface area contributed by atoms with Gasteiger partial charge in [-0.2, -0.15) is 26.3 Å². The smallest absolute Gasteiger partial charge is 0.387 e. The number of piperazine rings is 2. The van der Waals surface area contributed by atoms with Gasteiger partial charge in [0.2, 0.25) is 11.5 Å². The maximum Gasteiger partial charge on any atom is 0.387 e. The van der Waals surface area contributed by atoms with Crippen molar-refractivity contribution in [2.75, 3.05) is 82.0 Å². The van der Waals surface area contributed by atoms with E-state index in [0.29, 0.717) is 6.07 Å². The zero-order valence-electron chi connectivity index (χ0n) is 33.4. The summed E-state index contributed by atoms with van der Waals surface area (Å²) >= 11 is 0. The van der Waals surface area contributed by atoms with E-state index in [9.17, 15) is 49.8 Å². The number of ether oxygens (including phenoxy) is 3. The molecular formula is C37H46F8N8O10. The monoisotopic (exact) mass is 914 g/mol. The zero-order valence-corrected chi connectivity index (χ0v) is 33.4. The minimum Gasteiger partial charge on any atom is -0.870 e. The number of hydrogen-bond donors (Lipinski definition) is 5. The molecule has 6 rings (SSSR count). The molecule has 18 nitrogen and oxygen atoms in total. The van der Waals surface area contributed by atoms with Crippen LogP contribution in [0.1, 0.15) is 0 Å². The van der Waals surface area contributed by atoms with Crippen molar-refractivity contribution >= 4 is 34.1 Å². The molecule has 2 heterocycles. The average molecular weight is 915 g/mol. The minimum absolute atomic E-state index is 0. The summed E-state index contributed by atoms with van der Waals surface area (Å²) in [5.41, 5.74) is 7.23. The quantitative estimate of drug-likeness (QED) is 0.0822. The summed E-state index contributed by atoms with van der Waals surface area (Å²) < 4.78 is 110. The van der Waals surface area contributed by atoms with Gasteiger partial charge in [0, 0.05) is 136 Å². The largest absolute Gasteiger partial charge is 0.870 e. The van der Waals surface area contributed by atoms with Crippen LogP contribution in [0.3, 0.4) is 0 Å². The van der Waals surface area contributed by atoms with Crippen molar-refractivity contribution in [3.63, 3.8) is 0 Å². The van der Waals surface area contributed by atoms with Gasteiger partial charge in [0.15, 0.2) is 11.5 Å². The van der Waals surface area contributed by atoms with Gasteiger partial charge < -0.3 is 61.1 Å². The molecule has 0 spiro atoms. The molecule has 2 fully saturated rings. The molecule has 0 aliphatic carbocycles. The predicted molar refractivity (Wildman–Crippen MR) is 209 cm³/mol. The van der Waals surface area contributed by atoms with Crippen LogP contribution in [0.2, 0.25) is 0 Å². The van der Waals surface area contributed by atoms with E-state index >= 15 is 0 Å². The van der Waals surface area contributed by atoms with Crippen molar-refractivity contribution in [1.82, 2.24) is 9.80 Å². The maximum absolute atomic E-state index is 12.5. The Balaban J connectivity index is 0.000000822. The molecule has 2 saturated heterocycles. The second-order valence-electron chi connectivity index (χ2n) is 12.7. The molecule has 4 aromatic carbocycles. The Hall–Kier alpha value is -6.48. The number of aromatic hydroxyl groups is 1. The Morgan fingerprint density at radius 3 is 1.29 bits per heavy atom. The van der Waals surface area contributed by atoms with Gasteiger partial charge in [-0.05, 0) is 44.4 Å². The van der Waals surface area contributed by atoms with Gasteiger partial charge in [0.1, 0.15) is 11.6 Å². The number of nitroso groups, excluding NO2 is 3. The number of anilines is 3. The van der Waals surface area contributed by atoms with Gasteiger partial charge in [-0.25, -0.2) is 8.78 Å². The fraction of sp³-hybridized carbons (Fsp3) is 0.351. The van der Waals surface area contributed by atoms with E-state index in [0.717, 1.165) is 94.1 Å². The molecule has 0 aromatic heterocycles. The maximum atomic E-state index is 12.5. The highest BCUT2D eigenvalue weighted by Crippen LogP contribution is 2.30. The second kappa shape index (κ2) is 28.2. The van der Waals surface area contributed by atoms with Gasteiger partial charge in [-0.1, -0.05) is 0 Å². The number of halogens is 8. The SMILES string of the molecule is CN1CCN(c2ccc(N)c(OC(F)F)c2)CC1.CN1CCN(c2ccc([NH+]=O)c(OC(F)F)c2)CC1.O=[NH+]c1ccc(F)cc1O.O=[NH+]c1ccc(F)cc1OC(F)F.[OH-].[OH-].[OH-]. The molecule has 0 atom stereocenters. The first kappa shape index (κ1) is 56.5. The van der Waals surface area contributed by atoms with Crippen molar-refractivity contribution in [3.05, 3.63) is 99.2 Å². The Labute approximate surface area is 354 Å². The molecule has 26 heteroatoms. The van der Waals surface area contributed by atoms with E-state index in [1.54, 1.807) is 23.4 Å². The predicted octanol–water partition coefficient (Wildman–Crippen LogP) is 2.53. The van der Waals surface area contributed by atoms with E-state index in [4.69, 9.17) is 10.8 Å². The van der Waals surface area contributed by atoms with Crippen LogP contribution in [0.25, 0.3) is 0 Å². The second-order valence-corrected chi connectivity index (χ2v) is 12.7. The van der Waals surface area contributed by atoms with Gasteiger partial charge in [-0.15, -0.1) is 0 Å². The molecule has 9 N–H and O–H groups in total. The lowest BCUT2D eigenvalue weighted by Gasteiger charge is -2.34. The van der Waals surface area contributed by atoms with Crippen molar-refractivity contribution in [2.45, 2.75) is 19.8 Å². The summed E-state index contributed by atoms with van der Waals surface area (Å²) in [6.45, 7) is -1.80. The minimum atomic E-state index is -3.09. The molecule has 0 saturated carbocycles. The van der Waals surface area contributed by atoms with Crippen LogP contribution < -0.4 is 45.3 Å². The van der Waals surface area contributed by atoms with E-state index < -0.39 is 37.2 Å². The van der Waals surface area contributed by atoms with Crippen LogP contribution in [-0.4, -0.2) is 118 Å². The highest BCUT2D eigenvalue weighted by atomic mass is 19.3. The first-order valence-corrected chi connectivity index (χ1v) is 17.7. The number of alkyl halides is 6. The molecule has 0 bridgehead atoms. The number of nitrogen functional groups attached to an aromatic ring is 1. The van der Waals surface area contributed by atoms with Crippen molar-refractivity contribution in [1.29, 1.82) is 0 Å². The first-order chi connectivity index (χ1) is 28.5. The summed E-state index contributed by atoms with van der Waals surface area (Å²) in [5.74, 6) is -2.30. The van der Waals surface area contributed by atoms with E-state index in [-0.39, 0.29) is 56.4 Å². The Kier molecular flexibility index (Phi) is 25.3. The van der Waals surface area contributed by atoms with Gasteiger partial charge in [0.05, 0.1) is 5.69 Å². The lowest BCUT2D eigenvalue weighted by molar-refractivity contribution is -0.381. The van der Waals surface area contributed by atoms with Crippen LogP contribution in [0.5, 0.6) is 23.0 Å². The first-order valence-electron chi connectivity index (χ1n) is 17.7. The molecular weight excluding hydrogens is 868 g/mol. The van der Waals surface area contributed by atoms with E-state index in [2.05, 4.69) is 40.9 Å². The third-order valence-electron chi connectivity index (χ3n) is 8.58. The Bertz CT molecular complexity index is 2000. The number of likely N-dealkylation sites (N-methyl/N-ethyl adjacent to an activating group) is 2. The molecule has 0 unspecified atom stereocenters. The highest BCUT2D eigenvalue weighted by Gasteiger charge is 2.21. The number of nitrogens with two attached hydrogens (primary N) is 1. The molecule has 0 radical (unpaired) electrons. The van der Waals surface area contributed by atoms with Crippen molar-refractivity contribution in [2.24, 2.45) is 0 Å². The topological polar surface area (TPSA) is 270 Å². The third-order valence-corrected chi connectivity index (χ3v) is 8.58. The number of rotatable bonds is 11.